The highest BCUT2D eigenvalue weighted by molar-refractivity contribution is 6.00. The summed E-state index contributed by atoms with van der Waals surface area (Å²) >= 11 is 0. The van der Waals surface area contributed by atoms with Crippen LogP contribution in [0.15, 0.2) is 30.5 Å². The van der Waals surface area contributed by atoms with Gasteiger partial charge in [0.25, 0.3) is 5.91 Å². The fraction of sp³-hybridized carbons (Fsp3) is 0.500. The van der Waals surface area contributed by atoms with Gasteiger partial charge in [0.15, 0.2) is 0 Å². The highest BCUT2D eigenvalue weighted by Crippen LogP contribution is 2.33. The molecule has 146 valence electrons. The zero-order chi connectivity index (χ0) is 18.1. The summed E-state index contributed by atoms with van der Waals surface area (Å²) < 4.78 is 7.19. The number of halogens is 1. The molecule has 3 heterocycles. The van der Waals surface area contributed by atoms with E-state index in [4.69, 9.17) is 4.74 Å². The maximum absolute atomic E-state index is 13.3. The molecule has 0 aliphatic carbocycles. The predicted octanol–water partition coefficient (Wildman–Crippen LogP) is 2.59. The standard InChI is InChI=1S/C20H26N4O2.ClH/c1-23-13-17(19(22-23)16-5-3-4-6-18(16)26-2)20(25)24-9-7-14-11-21-12-15(14)8-10-24;/h3-6,13-15,21H,7-12H2,1-2H3;1H/t14-,15+;. The number of nitrogens with zero attached hydrogens (tertiary/aromatic N) is 3. The number of fused-ring (bicyclic) bond motifs is 1. The Morgan fingerprint density at radius 1 is 1.19 bits per heavy atom. The molecule has 0 radical (unpaired) electrons. The molecule has 0 unspecified atom stereocenters. The maximum atomic E-state index is 13.3. The number of aryl methyl sites for hydroxylation is 1. The second kappa shape index (κ2) is 8.31. The number of benzene rings is 1. The Balaban J connectivity index is 0.00000210. The molecule has 2 aliphatic heterocycles. The summed E-state index contributed by atoms with van der Waals surface area (Å²) in [5, 5.41) is 8.05. The van der Waals surface area contributed by atoms with E-state index in [0.29, 0.717) is 23.1 Å². The Morgan fingerprint density at radius 2 is 1.85 bits per heavy atom. The second-order valence-electron chi connectivity index (χ2n) is 7.31. The first-order valence-electron chi connectivity index (χ1n) is 9.34. The zero-order valence-corrected chi connectivity index (χ0v) is 16.7. The maximum Gasteiger partial charge on any atom is 0.257 e. The lowest BCUT2D eigenvalue weighted by Gasteiger charge is -2.21. The molecule has 0 bridgehead atoms. The minimum absolute atomic E-state index is 0. The first kappa shape index (κ1) is 19.7. The average Bonchev–Trinajstić information content (AvgIpc) is 3.22. The Hall–Kier alpha value is -2.05. The van der Waals surface area contributed by atoms with Crippen LogP contribution in [0.1, 0.15) is 23.2 Å². The Morgan fingerprint density at radius 3 is 2.52 bits per heavy atom. The third-order valence-corrected chi connectivity index (χ3v) is 5.73. The number of hydrogen-bond donors (Lipinski definition) is 1. The lowest BCUT2D eigenvalue weighted by Crippen LogP contribution is -2.32. The number of rotatable bonds is 3. The van der Waals surface area contributed by atoms with Crippen LogP contribution in [-0.4, -0.2) is 53.9 Å². The molecule has 0 spiro atoms. The van der Waals surface area contributed by atoms with Crippen molar-refractivity contribution >= 4 is 18.3 Å². The number of carbonyl (C=O) groups is 1. The lowest BCUT2D eigenvalue weighted by atomic mass is 9.92. The Bertz CT molecular complexity index is 793. The van der Waals surface area contributed by atoms with Gasteiger partial charge in [-0.1, -0.05) is 12.1 Å². The first-order valence-corrected chi connectivity index (χ1v) is 9.34. The number of carbonyl (C=O) groups excluding carboxylic acids is 1. The molecule has 7 heteroatoms. The number of aromatic nitrogens is 2. The van der Waals surface area contributed by atoms with Crippen LogP contribution in [0.25, 0.3) is 11.3 Å². The molecule has 4 rings (SSSR count). The summed E-state index contributed by atoms with van der Waals surface area (Å²) in [7, 11) is 3.50. The molecule has 1 aromatic carbocycles. The molecule has 27 heavy (non-hydrogen) atoms. The Labute approximate surface area is 166 Å². The van der Waals surface area contributed by atoms with Gasteiger partial charge in [-0.15, -0.1) is 12.4 Å². The number of para-hydroxylation sites is 1. The van der Waals surface area contributed by atoms with Crippen molar-refractivity contribution < 1.29 is 9.53 Å². The summed E-state index contributed by atoms with van der Waals surface area (Å²) in [6, 6.07) is 7.73. The average molecular weight is 391 g/mol. The van der Waals surface area contributed by atoms with Crippen LogP contribution in [-0.2, 0) is 7.05 Å². The summed E-state index contributed by atoms with van der Waals surface area (Å²) in [5.41, 5.74) is 2.21. The van der Waals surface area contributed by atoms with Gasteiger partial charge in [0.1, 0.15) is 11.4 Å². The molecule has 2 atom stereocenters. The molecule has 2 fully saturated rings. The van der Waals surface area contributed by atoms with Gasteiger partial charge in [0, 0.05) is 31.9 Å². The number of nitrogens with one attached hydrogen (secondary N) is 1. The van der Waals surface area contributed by atoms with E-state index < -0.39 is 0 Å². The number of methoxy groups -OCH3 is 1. The van der Waals surface area contributed by atoms with Gasteiger partial charge in [0.05, 0.1) is 12.7 Å². The van der Waals surface area contributed by atoms with Gasteiger partial charge in [-0.2, -0.15) is 5.10 Å². The quantitative estimate of drug-likeness (QED) is 0.875. The van der Waals surface area contributed by atoms with Crippen LogP contribution in [0.5, 0.6) is 5.75 Å². The van der Waals surface area contributed by atoms with E-state index in [2.05, 4.69) is 10.4 Å². The second-order valence-corrected chi connectivity index (χ2v) is 7.31. The van der Waals surface area contributed by atoms with Gasteiger partial charge in [-0.05, 0) is 49.9 Å². The Kier molecular flexibility index (Phi) is 6.07. The van der Waals surface area contributed by atoms with E-state index in [1.54, 1.807) is 11.8 Å². The van der Waals surface area contributed by atoms with Crippen LogP contribution in [0.2, 0.25) is 0 Å². The van der Waals surface area contributed by atoms with Crippen molar-refractivity contribution in [1.82, 2.24) is 20.0 Å². The van der Waals surface area contributed by atoms with Crippen molar-refractivity contribution in [3.05, 3.63) is 36.0 Å². The highest BCUT2D eigenvalue weighted by atomic mass is 35.5. The van der Waals surface area contributed by atoms with E-state index in [1.165, 1.54) is 0 Å². The molecular formula is C20H27ClN4O2. The molecule has 1 N–H and O–H groups in total. The van der Waals surface area contributed by atoms with Crippen LogP contribution in [0.3, 0.4) is 0 Å². The number of ether oxygens (including phenoxy) is 1. The zero-order valence-electron chi connectivity index (χ0n) is 15.9. The van der Waals surface area contributed by atoms with Gasteiger partial charge in [-0.25, -0.2) is 0 Å². The third kappa shape index (κ3) is 3.82. The topological polar surface area (TPSA) is 59.4 Å². The van der Waals surface area contributed by atoms with Crippen molar-refractivity contribution in [2.24, 2.45) is 18.9 Å². The molecule has 2 aliphatic rings. The van der Waals surface area contributed by atoms with Crippen molar-refractivity contribution in [2.45, 2.75) is 12.8 Å². The van der Waals surface area contributed by atoms with Crippen molar-refractivity contribution in [3.8, 4) is 17.0 Å². The summed E-state index contributed by atoms with van der Waals surface area (Å²) in [6.07, 6.45) is 3.98. The molecular weight excluding hydrogens is 364 g/mol. The van der Waals surface area contributed by atoms with Crippen molar-refractivity contribution in [1.29, 1.82) is 0 Å². The minimum Gasteiger partial charge on any atom is -0.496 e. The highest BCUT2D eigenvalue weighted by Gasteiger charge is 2.33. The normalized spacial score (nSPS) is 21.9. The van der Waals surface area contributed by atoms with E-state index in [9.17, 15) is 4.79 Å². The number of likely N-dealkylation sites (tertiary alicyclic amines) is 1. The van der Waals surface area contributed by atoms with Gasteiger partial charge in [0.2, 0.25) is 0 Å². The van der Waals surface area contributed by atoms with Crippen LogP contribution >= 0.6 is 12.4 Å². The van der Waals surface area contributed by atoms with E-state index in [1.807, 2.05) is 42.4 Å². The van der Waals surface area contributed by atoms with Gasteiger partial charge >= 0.3 is 0 Å². The summed E-state index contributed by atoms with van der Waals surface area (Å²) in [4.78, 5) is 15.3. The largest absolute Gasteiger partial charge is 0.496 e. The van der Waals surface area contributed by atoms with E-state index >= 15 is 0 Å². The van der Waals surface area contributed by atoms with Gasteiger partial charge < -0.3 is 15.0 Å². The number of hydrogen-bond acceptors (Lipinski definition) is 4. The molecule has 0 saturated carbocycles. The SMILES string of the molecule is COc1ccccc1-c1nn(C)cc1C(=O)N1CC[C@@H]2CNC[C@@H]2CC1.Cl. The molecule has 2 aromatic rings. The van der Waals surface area contributed by atoms with Crippen LogP contribution in [0.4, 0.5) is 0 Å². The van der Waals surface area contributed by atoms with Crippen LogP contribution in [0, 0.1) is 11.8 Å². The summed E-state index contributed by atoms with van der Waals surface area (Å²) in [5.74, 6) is 2.22. The smallest absolute Gasteiger partial charge is 0.257 e. The molecule has 2 saturated heterocycles. The van der Waals surface area contributed by atoms with E-state index in [-0.39, 0.29) is 18.3 Å². The van der Waals surface area contributed by atoms with Gasteiger partial charge in [-0.3, -0.25) is 9.48 Å². The fourth-order valence-corrected chi connectivity index (χ4v) is 4.28. The summed E-state index contributed by atoms with van der Waals surface area (Å²) in [6.45, 7) is 3.82. The predicted molar refractivity (Wildman–Crippen MR) is 107 cm³/mol. The minimum atomic E-state index is 0. The van der Waals surface area contributed by atoms with Crippen LogP contribution < -0.4 is 10.1 Å². The first-order chi connectivity index (χ1) is 12.7. The lowest BCUT2D eigenvalue weighted by molar-refractivity contribution is 0.0759. The molecule has 6 nitrogen and oxygen atoms in total. The van der Waals surface area contributed by atoms with E-state index in [0.717, 1.165) is 50.3 Å². The molecule has 1 aromatic heterocycles. The van der Waals surface area contributed by atoms with Crippen molar-refractivity contribution in [3.63, 3.8) is 0 Å². The molecule has 1 amide bonds. The third-order valence-electron chi connectivity index (χ3n) is 5.73. The van der Waals surface area contributed by atoms with Crippen molar-refractivity contribution in [2.75, 3.05) is 33.3 Å². The fourth-order valence-electron chi connectivity index (χ4n) is 4.28. The number of amides is 1. The monoisotopic (exact) mass is 390 g/mol.